The Morgan fingerprint density at radius 1 is 0.919 bits per heavy atom. The molecule has 0 spiro atoms. The quantitative estimate of drug-likeness (QED) is 0.539. The molecule has 7 nitrogen and oxygen atoms in total. The monoisotopic (exact) mass is 522 g/mol. The predicted octanol–water partition coefficient (Wildman–Crippen LogP) is 4.26. The Morgan fingerprint density at radius 3 is 2.16 bits per heavy atom. The lowest BCUT2D eigenvalue weighted by molar-refractivity contribution is -0.143. The number of alkyl halides is 3. The van der Waals surface area contributed by atoms with Gasteiger partial charge in [0.05, 0.1) is 12.2 Å². The number of rotatable bonds is 5. The van der Waals surface area contributed by atoms with Crippen molar-refractivity contribution in [1.82, 2.24) is 14.8 Å². The molecule has 37 heavy (non-hydrogen) atoms. The normalized spacial score (nSPS) is 25.8. The topological polar surface area (TPSA) is 66.0 Å². The van der Waals surface area contributed by atoms with Crippen LogP contribution in [0.4, 0.5) is 19.0 Å². The molecule has 4 fully saturated rings. The number of halogens is 3. The lowest BCUT2D eigenvalue weighted by atomic mass is 9.87. The molecule has 1 saturated carbocycles. The number of cyclic esters (lactones) is 1. The first-order valence-electron chi connectivity index (χ1n) is 13.8. The second kappa shape index (κ2) is 11.3. The molecule has 1 amide bonds. The van der Waals surface area contributed by atoms with Crippen LogP contribution < -0.4 is 4.90 Å². The zero-order valence-electron chi connectivity index (χ0n) is 21.3. The summed E-state index contributed by atoms with van der Waals surface area (Å²) in [5, 5.41) is 0. The number of hydrogen-bond acceptors (Lipinski definition) is 6. The van der Waals surface area contributed by atoms with Crippen LogP contribution in [0.3, 0.4) is 0 Å². The molecule has 5 rings (SSSR count). The fourth-order valence-electron chi connectivity index (χ4n) is 6.61. The van der Waals surface area contributed by atoms with Gasteiger partial charge in [-0.25, -0.2) is 4.98 Å². The number of hydrogen-bond donors (Lipinski definition) is 0. The molecule has 0 N–H and O–H groups in total. The summed E-state index contributed by atoms with van der Waals surface area (Å²) in [7, 11) is 0. The summed E-state index contributed by atoms with van der Waals surface area (Å²) in [6.45, 7) is 3.96. The van der Waals surface area contributed by atoms with E-state index in [2.05, 4.69) is 14.8 Å². The molecule has 1 aromatic rings. The van der Waals surface area contributed by atoms with E-state index in [1.54, 1.807) is 4.90 Å². The Hall–Kier alpha value is -2.20. The number of likely N-dealkylation sites (tertiary alicyclic amines) is 2. The first-order chi connectivity index (χ1) is 17.8. The number of carbonyl (C=O) groups is 2. The molecule has 4 aliphatic rings. The Bertz CT molecular complexity index is 935. The van der Waals surface area contributed by atoms with Crippen molar-refractivity contribution in [2.45, 2.75) is 88.5 Å². The van der Waals surface area contributed by atoms with Crippen molar-refractivity contribution in [3.63, 3.8) is 0 Å². The van der Waals surface area contributed by atoms with E-state index in [9.17, 15) is 22.8 Å². The van der Waals surface area contributed by atoms with Crippen molar-refractivity contribution in [3.8, 4) is 0 Å². The first kappa shape index (κ1) is 26.4. The van der Waals surface area contributed by atoms with Crippen LogP contribution in [0.15, 0.2) is 18.3 Å². The van der Waals surface area contributed by atoms with E-state index in [4.69, 9.17) is 4.74 Å². The van der Waals surface area contributed by atoms with E-state index in [1.165, 1.54) is 6.07 Å². The van der Waals surface area contributed by atoms with Gasteiger partial charge in [-0.2, -0.15) is 13.2 Å². The summed E-state index contributed by atoms with van der Waals surface area (Å²) < 4.78 is 44.5. The van der Waals surface area contributed by atoms with Crippen molar-refractivity contribution < 1.29 is 27.5 Å². The van der Waals surface area contributed by atoms with Crippen LogP contribution in [0.2, 0.25) is 0 Å². The zero-order chi connectivity index (χ0) is 26.0. The number of aromatic nitrogens is 1. The standard InChI is InChI=1S/C27H37F3N4O3/c28-27(29,30)20-6-7-24(31-18-20)34(25(35)19-4-2-1-3-5-19)22-10-13-32(14-11-22)21-8-15-33(16-9-21)23-12-17-37-26(23)36/h6-7,18-19,21-23H,1-5,8-17H2/t23-/m1/s1. The van der Waals surface area contributed by atoms with Gasteiger partial charge >= 0.3 is 12.1 Å². The van der Waals surface area contributed by atoms with Crippen LogP contribution >= 0.6 is 0 Å². The van der Waals surface area contributed by atoms with Gasteiger partial charge in [-0.05, 0) is 50.7 Å². The molecule has 0 unspecified atom stereocenters. The molecular weight excluding hydrogens is 485 g/mol. The number of anilines is 1. The summed E-state index contributed by atoms with van der Waals surface area (Å²) in [5.74, 6) is 0.169. The van der Waals surface area contributed by atoms with E-state index in [0.717, 1.165) is 103 Å². The van der Waals surface area contributed by atoms with Crippen LogP contribution in [0, 0.1) is 5.92 Å². The number of carbonyl (C=O) groups excluding carboxylic acids is 2. The first-order valence-corrected chi connectivity index (χ1v) is 13.8. The van der Waals surface area contributed by atoms with Gasteiger partial charge in [0.25, 0.3) is 0 Å². The fourth-order valence-corrected chi connectivity index (χ4v) is 6.61. The SMILES string of the molecule is O=C1OCC[C@H]1N1CCC(N2CCC(N(C(=O)C3CCCCC3)c3ccc(C(F)(F)F)cn3)CC2)CC1. The van der Waals surface area contributed by atoms with Crippen molar-refractivity contribution in [3.05, 3.63) is 23.9 Å². The van der Waals surface area contributed by atoms with Crippen molar-refractivity contribution in [1.29, 1.82) is 0 Å². The molecule has 10 heteroatoms. The van der Waals surface area contributed by atoms with Gasteiger partial charge in [-0.1, -0.05) is 19.3 Å². The number of ether oxygens (including phenoxy) is 1. The minimum Gasteiger partial charge on any atom is -0.464 e. The van der Waals surface area contributed by atoms with Gasteiger partial charge in [0.1, 0.15) is 11.9 Å². The van der Waals surface area contributed by atoms with Gasteiger partial charge in [0, 0.05) is 56.8 Å². The summed E-state index contributed by atoms with van der Waals surface area (Å²) >= 11 is 0. The zero-order valence-corrected chi connectivity index (χ0v) is 21.3. The summed E-state index contributed by atoms with van der Waals surface area (Å²) in [5.41, 5.74) is -0.798. The van der Waals surface area contributed by atoms with Gasteiger partial charge in [-0.3, -0.25) is 19.4 Å². The van der Waals surface area contributed by atoms with Gasteiger partial charge in [0.15, 0.2) is 0 Å². The molecule has 204 valence electrons. The van der Waals surface area contributed by atoms with E-state index < -0.39 is 11.7 Å². The minimum absolute atomic E-state index is 0.0159. The van der Waals surface area contributed by atoms with Crippen LogP contribution in [0.5, 0.6) is 0 Å². The number of esters is 1. The summed E-state index contributed by atoms with van der Waals surface area (Å²) in [6, 6.07) is 2.68. The Morgan fingerprint density at radius 2 is 1.59 bits per heavy atom. The van der Waals surface area contributed by atoms with Crippen LogP contribution in [-0.4, -0.2) is 77.6 Å². The lowest BCUT2D eigenvalue weighted by Crippen LogP contribution is -2.54. The second-order valence-electron chi connectivity index (χ2n) is 11.0. The summed E-state index contributed by atoms with van der Waals surface area (Å²) in [6.07, 6.45) is 5.54. The lowest BCUT2D eigenvalue weighted by Gasteiger charge is -2.44. The molecule has 3 saturated heterocycles. The maximum Gasteiger partial charge on any atom is 0.417 e. The molecular formula is C27H37F3N4O3. The highest BCUT2D eigenvalue weighted by molar-refractivity contribution is 5.94. The van der Waals surface area contributed by atoms with E-state index in [1.807, 2.05) is 0 Å². The minimum atomic E-state index is -4.46. The maximum atomic E-state index is 13.7. The van der Waals surface area contributed by atoms with E-state index in [0.29, 0.717) is 18.5 Å². The number of amides is 1. The Kier molecular flexibility index (Phi) is 8.04. The molecule has 4 heterocycles. The van der Waals surface area contributed by atoms with Crippen LogP contribution in [0.1, 0.15) is 69.8 Å². The van der Waals surface area contributed by atoms with Crippen molar-refractivity contribution in [2.24, 2.45) is 5.92 Å². The Labute approximate surface area is 216 Å². The molecule has 0 aromatic carbocycles. The van der Waals surface area contributed by atoms with Gasteiger partial charge in [0.2, 0.25) is 5.91 Å². The smallest absolute Gasteiger partial charge is 0.417 e. The molecule has 1 atom stereocenters. The molecule has 0 bridgehead atoms. The van der Waals surface area contributed by atoms with Gasteiger partial charge < -0.3 is 9.64 Å². The van der Waals surface area contributed by atoms with Crippen LogP contribution in [0.25, 0.3) is 0 Å². The van der Waals surface area contributed by atoms with Gasteiger partial charge in [-0.15, -0.1) is 0 Å². The third-order valence-electron chi connectivity index (χ3n) is 8.74. The van der Waals surface area contributed by atoms with Crippen molar-refractivity contribution >= 4 is 17.7 Å². The molecule has 1 aromatic heterocycles. The highest BCUT2D eigenvalue weighted by atomic mass is 19.4. The van der Waals surface area contributed by atoms with E-state index in [-0.39, 0.29) is 29.9 Å². The predicted molar refractivity (Wildman–Crippen MR) is 132 cm³/mol. The van der Waals surface area contributed by atoms with Crippen LogP contribution in [-0.2, 0) is 20.5 Å². The Balaban J connectivity index is 1.23. The molecule has 3 aliphatic heterocycles. The number of piperidine rings is 2. The fraction of sp³-hybridized carbons (Fsp3) is 0.741. The highest BCUT2D eigenvalue weighted by Crippen LogP contribution is 2.34. The highest BCUT2D eigenvalue weighted by Gasteiger charge is 2.39. The second-order valence-corrected chi connectivity index (χ2v) is 11.0. The average molecular weight is 523 g/mol. The molecule has 1 aliphatic carbocycles. The largest absolute Gasteiger partial charge is 0.464 e. The van der Waals surface area contributed by atoms with Crippen molar-refractivity contribution in [2.75, 3.05) is 37.7 Å². The average Bonchev–Trinajstić information content (AvgIpc) is 3.35. The number of pyridine rings is 1. The third kappa shape index (κ3) is 5.95. The summed E-state index contributed by atoms with van der Waals surface area (Å²) in [4.78, 5) is 36.2. The van der Waals surface area contributed by atoms with E-state index >= 15 is 0 Å². The maximum absolute atomic E-state index is 13.7. The third-order valence-corrected chi connectivity index (χ3v) is 8.74. The molecule has 0 radical (unpaired) electrons. The number of nitrogens with zero attached hydrogens (tertiary/aromatic N) is 4.